The standard InChI is InChI=1S/C26H20N2O4/c1-28(2)19-8-4-15(5-9-19)20-14-25(29)31-23-10-6-16(11-22(20)23)21-12-17-3-7-18(27)13-24(17)32-26(21)30/h3-14H,27H2,1-2H3. The number of rotatable bonds is 3. The van der Waals surface area contributed by atoms with Gasteiger partial charge in [-0.1, -0.05) is 18.2 Å². The third-order valence-electron chi connectivity index (χ3n) is 5.51. The zero-order valence-electron chi connectivity index (χ0n) is 17.6. The van der Waals surface area contributed by atoms with E-state index in [1.54, 1.807) is 30.3 Å². The van der Waals surface area contributed by atoms with E-state index >= 15 is 0 Å². The van der Waals surface area contributed by atoms with Crippen LogP contribution in [0.25, 0.3) is 44.2 Å². The number of benzene rings is 3. The molecular weight excluding hydrogens is 404 g/mol. The SMILES string of the molecule is CN(C)c1ccc(-c2cc(=O)oc3ccc(-c4cc5ccc(N)cc5oc4=O)cc23)cc1. The summed E-state index contributed by atoms with van der Waals surface area (Å²) >= 11 is 0. The second-order valence-corrected chi connectivity index (χ2v) is 7.88. The van der Waals surface area contributed by atoms with Gasteiger partial charge in [-0.2, -0.15) is 0 Å². The highest BCUT2D eigenvalue weighted by molar-refractivity contribution is 5.96. The number of fused-ring (bicyclic) bond motifs is 2. The topological polar surface area (TPSA) is 89.7 Å². The molecule has 2 N–H and O–H groups in total. The Morgan fingerprint density at radius 2 is 1.47 bits per heavy atom. The quantitative estimate of drug-likeness (QED) is 0.328. The van der Waals surface area contributed by atoms with Gasteiger partial charge in [-0.15, -0.1) is 0 Å². The van der Waals surface area contributed by atoms with Crippen molar-refractivity contribution in [2.24, 2.45) is 0 Å². The first-order valence-electron chi connectivity index (χ1n) is 10.1. The molecule has 0 atom stereocenters. The van der Waals surface area contributed by atoms with E-state index in [1.807, 2.05) is 55.4 Å². The fraction of sp³-hybridized carbons (Fsp3) is 0.0769. The molecule has 0 saturated carbocycles. The molecule has 6 nitrogen and oxygen atoms in total. The summed E-state index contributed by atoms with van der Waals surface area (Å²) in [5.41, 5.74) is 10.1. The molecule has 3 aromatic carbocycles. The second kappa shape index (κ2) is 7.42. The van der Waals surface area contributed by atoms with Gasteiger partial charge in [0.05, 0.1) is 5.56 Å². The molecule has 6 heteroatoms. The van der Waals surface area contributed by atoms with Crippen LogP contribution in [0, 0.1) is 0 Å². The molecule has 0 saturated heterocycles. The average molecular weight is 424 g/mol. The van der Waals surface area contributed by atoms with E-state index in [0.29, 0.717) is 28.0 Å². The Bertz CT molecular complexity index is 1600. The lowest BCUT2D eigenvalue weighted by molar-refractivity contribution is 0.561. The smallest absolute Gasteiger partial charge is 0.344 e. The van der Waals surface area contributed by atoms with Crippen molar-refractivity contribution in [1.82, 2.24) is 0 Å². The Hall–Kier alpha value is -4.32. The van der Waals surface area contributed by atoms with Gasteiger partial charge < -0.3 is 19.5 Å². The summed E-state index contributed by atoms with van der Waals surface area (Å²) in [5.74, 6) is 0. The van der Waals surface area contributed by atoms with Gasteiger partial charge in [0.15, 0.2) is 0 Å². The van der Waals surface area contributed by atoms with E-state index in [-0.39, 0.29) is 0 Å². The molecule has 0 aliphatic rings. The second-order valence-electron chi connectivity index (χ2n) is 7.88. The van der Waals surface area contributed by atoms with Gasteiger partial charge in [-0.05, 0) is 59.2 Å². The lowest BCUT2D eigenvalue weighted by Gasteiger charge is -2.13. The van der Waals surface area contributed by atoms with Crippen LogP contribution in [0.15, 0.2) is 91.2 Å². The molecule has 0 spiro atoms. The summed E-state index contributed by atoms with van der Waals surface area (Å²) in [5, 5.41) is 1.50. The fourth-order valence-corrected chi connectivity index (χ4v) is 3.84. The highest BCUT2D eigenvalue weighted by Gasteiger charge is 2.13. The summed E-state index contributed by atoms with van der Waals surface area (Å²) in [6.45, 7) is 0. The predicted octanol–water partition coefficient (Wildman–Crippen LogP) is 4.88. The fourth-order valence-electron chi connectivity index (χ4n) is 3.84. The summed E-state index contributed by atoms with van der Waals surface area (Å²) in [6.07, 6.45) is 0. The number of hydrogen-bond donors (Lipinski definition) is 1. The summed E-state index contributed by atoms with van der Waals surface area (Å²) in [7, 11) is 3.94. The minimum absolute atomic E-state index is 0.421. The first-order chi connectivity index (χ1) is 15.4. The lowest BCUT2D eigenvalue weighted by atomic mass is 9.98. The maximum Gasteiger partial charge on any atom is 0.344 e. The molecule has 5 aromatic rings. The zero-order chi connectivity index (χ0) is 22.4. The van der Waals surface area contributed by atoms with Crippen molar-refractivity contribution in [3.63, 3.8) is 0 Å². The predicted molar refractivity (Wildman–Crippen MR) is 128 cm³/mol. The molecular formula is C26H20N2O4. The van der Waals surface area contributed by atoms with Crippen LogP contribution in [0.3, 0.4) is 0 Å². The molecule has 32 heavy (non-hydrogen) atoms. The van der Waals surface area contributed by atoms with Crippen molar-refractivity contribution in [3.8, 4) is 22.3 Å². The van der Waals surface area contributed by atoms with Gasteiger partial charge in [0, 0.05) is 48.4 Å². The van der Waals surface area contributed by atoms with Gasteiger partial charge in [-0.25, -0.2) is 9.59 Å². The third kappa shape index (κ3) is 3.41. The molecule has 0 radical (unpaired) electrons. The number of anilines is 2. The van der Waals surface area contributed by atoms with Gasteiger partial charge in [0.2, 0.25) is 0 Å². The molecule has 0 aliphatic carbocycles. The highest BCUT2D eigenvalue weighted by Crippen LogP contribution is 2.32. The number of nitrogens with two attached hydrogens (primary N) is 1. The first kappa shape index (κ1) is 19.6. The van der Waals surface area contributed by atoms with E-state index in [2.05, 4.69) is 0 Å². The van der Waals surface area contributed by atoms with Crippen LogP contribution in [-0.4, -0.2) is 14.1 Å². The first-order valence-corrected chi connectivity index (χ1v) is 10.1. The minimum atomic E-state index is -0.461. The van der Waals surface area contributed by atoms with Crippen LogP contribution in [0.4, 0.5) is 11.4 Å². The van der Waals surface area contributed by atoms with E-state index in [9.17, 15) is 9.59 Å². The molecule has 2 heterocycles. The molecule has 158 valence electrons. The lowest BCUT2D eigenvalue weighted by Crippen LogP contribution is -2.08. The average Bonchev–Trinajstić information content (AvgIpc) is 2.78. The van der Waals surface area contributed by atoms with Crippen molar-refractivity contribution in [2.75, 3.05) is 24.7 Å². The van der Waals surface area contributed by atoms with Crippen LogP contribution in [0.1, 0.15) is 0 Å². The van der Waals surface area contributed by atoms with Crippen molar-refractivity contribution >= 4 is 33.3 Å². The molecule has 5 rings (SSSR count). The Morgan fingerprint density at radius 3 is 2.22 bits per heavy atom. The van der Waals surface area contributed by atoms with Crippen molar-refractivity contribution < 1.29 is 8.83 Å². The van der Waals surface area contributed by atoms with Gasteiger partial charge >= 0.3 is 11.3 Å². The normalized spacial score (nSPS) is 11.2. The number of nitrogen functional groups attached to an aromatic ring is 1. The van der Waals surface area contributed by atoms with Gasteiger partial charge in [-0.3, -0.25) is 0 Å². The van der Waals surface area contributed by atoms with E-state index < -0.39 is 11.3 Å². The summed E-state index contributed by atoms with van der Waals surface area (Å²) < 4.78 is 10.9. The van der Waals surface area contributed by atoms with Gasteiger partial charge in [0.1, 0.15) is 11.2 Å². The molecule has 0 unspecified atom stereocenters. The van der Waals surface area contributed by atoms with Crippen LogP contribution < -0.4 is 21.9 Å². The number of hydrogen-bond acceptors (Lipinski definition) is 6. The molecule has 0 fully saturated rings. The molecule has 2 aromatic heterocycles. The van der Waals surface area contributed by atoms with Crippen molar-refractivity contribution in [3.05, 3.63) is 93.6 Å². The summed E-state index contributed by atoms with van der Waals surface area (Å²) in [6, 6.07) is 21.7. The van der Waals surface area contributed by atoms with E-state index in [1.165, 1.54) is 6.07 Å². The van der Waals surface area contributed by atoms with E-state index in [4.69, 9.17) is 14.6 Å². The van der Waals surface area contributed by atoms with Crippen LogP contribution >= 0.6 is 0 Å². The van der Waals surface area contributed by atoms with Crippen LogP contribution in [0.5, 0.6) is 0 Å². The largest absolute Gasteiger partial charge is 0.423 e. The van der Waals surface area contributed by atoms with Crippen LogP contribution in [-0.2, 0) is 0 Å². The third-order valence-corrected chi connectivity index (χ3v) is 5.51. The highest BCUT2D eigenvalue weighted by atomic mass is 16.4. The monoisotopic (exact) mass is 424 g/mol. The maximum atomic E-state index is 12.7. The number of nitrogens with zero attached hydrogens (tertiary/aromatic N) is 1. The minimum Gasteiger partial charge on any atom is -0.423 e. The van der Waals surface area contributed by atoms with Crippen LogP contribution in [0.2, 0.25) is 0 Å². The van der Waals surface area contributed by atoms with Crippen molar-refractivity contribution in [2.45, 2.75) is 0 Å². The Balaban J connectivity index is 1.71. The molecule has 0 bridgehead atoms. The van der Waals surface area contributed by atoms with E-state index in [0.717, 1.165) is 27.6 Å². The molecule has 0 amide bonds. The molecule has 0 aliphatic heterocycles. The zero-order valence-corrected chi connectivity index (χ0v) is 17.6. The Kier molecular flexibility index (Phi) is 4.56. The summed E-state index contributed by atoms with van der Waals surface area (Å²) in [4.78, 5) is 26.9. The van der Waals surface area contributed by atoms with Gasteiger partial charge in [0.25, 0.3) is 0 Å². The maximum absolute atomic E-state index is 12.7. The van der Waals surface area contributed by atoms with Crippen molar-refractivity contribution in [1.29, 1.82) is 0 Å². The Morgan fingerprint density at radius 1 is 0.719 bits per heavy atom. The Labute approximate surface area is 183 Å².